The van der Waals surface area contributed by atoms with E-state index in [1.54, 1.807) is 48.5 Å². The van der Waals surface area contributed by atoms with Gasteiger partial charge in [0.1, 0.15) is 6.04 Å². The van der Waals surface area contributed by atoms with E-state index in [4.69, 9.17) is 9.05 Å². The van der Waals surface area contributed by atoms with Gasteiger partial charge in [-0.1, -0.05) is 73.9 Å². The van der Waals surface area contributed by atoms with E-state index in [2.05, 4.69) is 23.3 Å². The summed E-state index contributed by atoms with van der Waals surface area (Å²) >= 11 is 0. The summed E-state index contributed by atoms with van der Waals surface area (Å²) in [5.41, 5.74) is 1.33. The van der Waals surface area contributed by atoms with Crippen molar-refractivity contribution in [3.05, 3.63) is 78.4 Å². The van der Waals surface area contributed by atoms with Crippen molar-refractivity contribution in [2.24, 2.45) is 5.41 Å². The molecule has 2 aromatic rings. The molecule has 0 amide bonds. The molecule has 1 atom stereocenters. The van der Waals surface area contributed by atoms with Gasteiger partial charge < -0.3 is 0 Å². The summed E-state index contributed by atoms with van der Waals surface area (Å²) in [6.07, 6.45) is 1.54. The van der Waals surface area contributed by atoms with E-state index in [1.807, 2.05) is 26.8 Å². The molecular formula is C24H29N2O5PS. The zero-order valence-electron chi connectivity index (χ0n) is 19.0. The van der Waals surface area contributed by atoms with Gasteiger partial charge in [-0.3, -0.25) is 9.05 Å². The van der Waals surface area contributed by atoms with Crippen LogP contribution in [-0.2, 0) is 23.6 Å². The van der Waals surface area contributed by atoms with Crippen LogP contribution in [0.3, 0.4) is 0 Å². The van der Waals surface area contributed by atoms with Crippen LogP contribution in [0.2, 0.25) is 0 Å². The number of hydrogen-bond donors (Lipinski definition) is 1. The van der Waals surface area contributed by atoms with Gasteiger partial charge in [-0.15, -0.1) is 6.58 Å². The van der Waals surface area contributed by atoms with E-state index >= 15 is 0 Å². The monoisotopic (exact) mass is 488 g/mol. The Hall–Kier alpha value is -2.40. The topological polar surface area (TPSA) is 84.9 Å². The predicted molar refractivity (Wildman–Crippen MR) is 129 cm³/mol. The third kappa shape index (κ3) is 6.57. The molecule has 0 aromatic heterocycles. The van der Waals surface area contributed by atoms with Crippen molar-refractivity contribution in [1.82, 2.24) is 9.39 Å². The molecule has 0 bridgehead atoms. The van der Waals surface area contributed by atoms with Gasteiger partial charge in [0.05, 0.1) is 24.7 Å². The minimum Gasteiger partial charge on any atom is -0.291 e. The van der Waals surface area contributed by atoms with Gasteiger partial charge in [-0.25, -0.2) is 17.7 Å². The van der Waals surface area contributed by atoms with Crippen LogP contribution in [0.1, 0.15) is 31.0 Å². The van der Waals surface area contributed by atoms with Crippen LogP contribution in [0.4, 0.5) is 0 Å². The summed E-state index contributed by atoms with van der Waals surface area (Å²) in [6.45, 7) is 10.1. The molecule has 1 aliphatic rings. The molecular weight excluding hydrogens is 459 g/mol. The fourth-order valence-corrected chi connectivity index (χ4v) is 5.98. The van der Waals surface area contributed by atoms with Crippen LogP contribution in [0.25, 0.3) is 0 Å². The van der Waals surface area contributed by atoms with Crippen LogP contribution in [0.15, 0.2) is 72.1 Å². The Labute approximate surface area is 196 Å². The standard InChI is InChI=1S/C24H29N2O5PS/c1-5-16-26(32(27)30-18-24(3,4)19-31-32)17-15-23(21-9-7-6-8-10-21)25-33(28,29)22-13-11-20(2)12-14-22/h5-14,23,25H,1,16,18-19H2,2-4H3. The number of nitrogens with one attached hydrogen (secondary N) is 1. The summed E-state index contributed by atoms with van der Waals surface area (Å²) in [4.78, 5) is 0.132. The molecule has 3 rings (SSSR count). The molecule has 1 heterocycles. The predicted octanol–water partition coefficient (Wildman–Crippen LogP) is 4.64. The van der Waals surface area contributed by atoms with Crippen molar-refractivity contribution in [1.29, 1.82) is 0 Å². The summed E-state index contributed by atoms with van der Waals surface area (Å²) in [5.74, 6) is 2.91. The normalized spacial score (nSPS) is 17.9. The van der Waals surface area contributed by atoms with Crippen molar-refractivity contribution in [2.75, 3.05) is 19.8 Å². The summed E-state index contributed by atoms with van der Waals surface area (Å²) in [6, 6.07) is 17.4. The second-order valence-electron chi connectivity index (χ2n) is 8.58. The quantitative estimate of drug-likeness (QED) is 0.264. The molecule has 0 saturated carbocycles. The number of aryl methyl sites for hydroxylation is 1. The fraction of sp³-hybridized carbons (Fsp3) is 0.333. The van der Waals surface area contributed by atoms with E-state index in [0.29, 0.717) is 5.56 Å². The first-order valence-electron chi connectivity index (χ1n) is 10.5. The van der Waals surface area contributed by atoms with Gasteiger partial charge in [0.2, 0.25) is 10.0 Å². The van der Waals surface area contributed by atoms with Crippen LogP contribution < -0.4 is 4.72 Å². The van der Waals surface area contributed by atoms with E-state index in [9.17, 15) is 13.0 Å². The molecule has 1 fully saturated rings. The number of hydrogen-bond acceptors (Lipinski definition) is 5. The average Bonchev–Trinajstić information content (AvgIpc) is 2.78. The lowest BCUT2D eigenvalue weighted by Crippen LogP contribution is -2.33. The smallest absolute Gasteiger partial charge is 0.291 e. The summed E-state index contributed by atoms with van der Waals surface area (Å²) < 4.78 is 54.4. The Morgan fingerprint density at radius 2 is 1.76 bits per heavy atom. The molecule has 33 heavy (non-hydrogen) atoms. The minimum absolute atomic E-state index is 0.122. The Morgan fingerprint density at radius 1 is 1.15 bits per heavy atom. The van der Waals surface area contributed by atoms with Gasteiger partial charge in [-0.05, 0) is 24.6 Å². The van der Waals surface area contributed by atoms with Crippen LogP contribution in [0, 0.1) is 24.3 Å². The van der Waals surface area contributed by atoms with E-state index in [-0.39, 0.29) is 30.1 Å². The van der Waals surface area contributed by atoms with Crippen LogP contribution in [-0.4, -0.2) is 32.8 Å². The fourth-order valence-electron chi connectivity index (χ4n) is 2.97. The Balaban J connectivity index is 1.93. The van der Waals surface area contributed by atoms with E-state index in [1.165, 1.54) is 10.7 Å². The van der Waals surface area contributed by atoms with E-state index < -0.39 is 23.8 Å². The molecule has 1 saturated heterocycles. The number of sulfonamides is 1. The third-order valence-electron chi connectivity index (χ3n) is 4.91. The molecule has 0 aliphatic carbocycles. The van der Waals surface area contributed by atoms with Gasteiger partial charge in [0.15, 0.2) is 0 Å². The second kappa shape index (κ2) is 10.3. The second-order valence-corrected chi connectivity index (χ2v) is 12.2. The highest BCUT2D eigenvalue weighted by Crippen LogP contribution is 2.56. The SMILES string of the molecule is C=CCN(C#CC(NS(=O)(=O)c1ccc(C)cc1)c1ccccc1)P1(=O)OCC(C)(C)CO1. The maximum Gasteiger partial charge on any atom is 0.442 e. The molecule has 2 aromatic carbocycles. The van der Waals surface area contributed by atoms with E-state index in [0.717, 1.165) is 5.56 Å². The molecule has 0 spiro atoms. The van der Waals surface area contributed by atoms with Gasteiger partial charge in [0.25, 0.3) is 0 Å². The summed E-state index contributed by atoms with van der Waals surface area (Å²) in [7, 11) is -7.53. The molecule has 1 aliphatic heterocycles. The first-order valence-corrected chi connectivity index (χ1v) is 13.5. The first kappa shape index (κ1) is 25.2. The van der Waals surface area contributed by atoms with Crippen molar-refractivity contribution in [2.45, 2.75) is 31.7 Å². The Morgan fingerprint density at radius 3 is 2.33 bits per heavy atom. The third-order valence-corrected chi connectivity index (χ3v) is 8.11. The maximum atomic E-state index is 13.3. The lowest BCUT2D eigenvalue weighted by Gasteiger charge is -2.36. The lowest BCUT2D eigenvalue weighted by atomic mass is 9.97. The molecule has 9 heteroatoms. The highest BCUT2D eigenvalue weighted by atomic mass is 32.2. The molecule has 0 radical (unpaired) electrons. The Bertz CT molecular complexity index is 1170. The average molecular weight is 489 g/mol. The molecule has 7 nitrogen and oxygen atoms in total. The van der Waals surface area contributed by atoms with Crippen molar-refractivity contribution in [3.8, 4) is 12.0 Å². The van der Waals surface area contributed by atoms with Gasteiger partial charge in [0, 0.05) is 11.5 Å². The maximum absolute atomic E-state index is 13.3. The number of benzene rings is 2. The van der Waals surface area contributed by atoms with Crippen molar-refractivity contribution < 1.29 is 22.0 Å². The van der Waals surface area contributed by atoms with Gasteiger partial charge >= 0.3 is 7.75 Å². The first-order chi connectivity index (χ1) is 15.5. The van der Waals surface area contributed by atoms with Gasteiger partial charge in [-0.2, -0.15) is 4.72 Å². The molecule has 1 N–H and O–H groups in total. The lowest BCUT2D eigenvalue weighted by molar-refractivity contribution is 0.0278. The number of rotatable bonds is 7. The summed E-state index contributed by atoms with van der Waals surface area (Å²) in [5, 5.41) is 0. The largest absolute Gasteiger partial charge is 0.442 e. The molecule has 1 unspecified atom stereocenters. The van der Waals surface area contributed by atoms with Crippen molar-refractivity contribution in [3.63, 3.8) is 0 Å². The minimum atomic E-state index is -3.86. The zero-order chi connectivity index (χ0) is 24.1. The van der Waals surface area contributed by atoms with Crippen molar-refractivity contribution >= 4 is 17.8 Å². The highest BCUT2D eigenvalue weighted by Gasteiger charge is 2.40. The molecule has 176 valence electrons. The Kier molecular flexibility index (Phi) is 7.84. The van der Waals surface area contributed by atoms with Crippen LogP contribution >= 0.6 is 7.75 Å². The highest BCUT2D eigenvalue weighted by molar-refractivity contribution is 7.89. The zero-order valence-corrected chi connectivity index (χ0v) is 20.7. The number of nitrogens with zero attached hydrogens (tertiary/aromatic N) is 1. The van der Waals surface area contributed by atoms with Crippen LogP contribution in [0.5, 0.6) is 0 Å².